The van der Waals surface area contributed by atoms with E-state index in [1.165, 1.54) is 12.1 Å². The molecule has 0 spiro atoms. The fourth-order valence-electron chi connectivity index (χ4n) is 3.26. The maximum atomic E-state index is 11.5. The average molecular weight is 531 g/mol. The molecule has 2 aromatic rings. The van der Waals surface area contributed by atoms with Crippen LogP contribution in [-0.4, -0.2) is 32.4 Å². The Bertz CT molecular complexity index is 1030. The molecule has 4 N–H and O–H groups in total. The summed E-state index contributed by atoms with van der Waals surface area (Å²) in [6, 6.07) is 9.56. The Morgan fingerprint density at radius 3 is 1.76 bits per heavy atom. The highest BCUT2D eigenvalue weighted by molar-refractivity contribution is 5.71. The number of aliphatic hydroxyl groups is 2. The molecule has 0 bridgehead atoms. The molecule has 0 radical (unpaired) electrons. The predicted molar refractivity (Wildman–Crippen MR) is 145 cm³/mol. The molecule has 38 heavy (non-hydrogen) atoms. The van der Waals surface area contributed by atoms with Crippen LogP contribution in [0.5, 0.6) is 11.5 Å². The SMILES string of the molecule is CC(C)C=CCC(=O)OCc1ccc(O)c(CO)c1.CC(C)CCCC(=O)OCc1ccc(O)c(CO)c1. The fourth-order valence-corrected chi connectivity index (χ4v) is 3.26. The summed E-state index contributed by atoms with van der Waals surface area (Å²) in [4.78, 5) is 22.9. The van der Waals surface area contributed by atoms with Gasteiger partial charge < -0.3 is 29.9 Å². The lowest BCUT2D eigenvalue weighted by Gasteiger charge is -2.08. The zero-order chi connectivity index (χ0) is 28.5. The Morgan fingerprint density at radius 1 is 0.816 bits per heavy atom. The number of aromatic hydroxyl groups is 2. The number of hydrogen-bond donors (Lipinski definition) is 4. The smallest absolute Gasteiger partial charge is 0.309 e. The summed E-state index contributed by atoms with van der Waals surface area (Å²) in [6.07, 6.45) is 6.29. The standard InChI is InChI=1S/C15H22O4.C15H20O4/c2*1-11(2)4-3-5-15(18)19-10-12-6-7-14(17)13(8-12)9-16/h6-8,11,16-17H,3-5,9-10H2,1-2H3;3-4,6-8,11,16-17H,5,9-10H2,1-2H3. The van der Waals surface area contributed by atoms with Crippen molar-refractivity contribution >= 4 is 11.9 Å². The van der Waals surface area contributed by atoms with Crippen LogP contribution >= 0.6 is 0 Å². The first-order chi connectivity index (χ1) is 18.0. The first-order valence-electron chi connectivity index (χ1n) is 12.9. The molecule has 0 atom stereocenters. The second kappa shape index (κ2) is 18.0. The summed E-state index contributed by atoms with van der Waals surface area (Å²) >= 11 is 0. The number of hydrogen-bond acceptors (Lipinski definition) is 8. The van der Waals surface area contributed by atoms with Crippen LogP contribution in [0, 0.1) is 11.8 Å². The number of benzene rings is 2. The highest BCUT2D eigenvalue weighted by Gasteiger charge is 2.07. The molecule has 0 amide bonds. The van der Waals surface area contributed by atoms with Crippen LogP contribution < -0.4 is 0 Å². The average Bonchev–Trinajstić information content (AvgIpc) is 2.87. The molecular formula is C30H42O8. The van der Waals surface area contributed by atoms with E-state index in [2.05, 4.69) is 13.8 Å². The molecule has 0 aliphatic carbocycles. The number of carbonyl (C=O) groups excluding carboxylic acids is 2. The minimum Gasteiger partial charge on any atom is -0.508 e. The molecule has 0 fully saturated rings. The molecule has 8 nitrogen and oxygen atoms in total. The molecule has 0 unspecified atom stereocenters. The summed E-state index contributed by atoms with van der Waals surface area (Å²) < 4.78 is 10.2. The summed E-state index contributed by atoms with van der Waals surface area (Å²) in [7, 11) is 0. The minimum atomic E-state index is -0.296. The van der Waals surface area contributed by atoms with Crippen molar-refractivity contribution in [3.05, 3.63) is 70.8 Å². The van der Waals surface area contributed by atoms with Gasteiger partial charge in [0.1, 0.15) is 24.7 Å². The van der Waals surface area contributed by atoms with Crippen LogP contribution in [-0.2, 0) is 45.5 Å². The molecule has 0 saturated carbocycles. The highest BCUT2D eigenvalue weighted by Crippen LogP contribution is 2.20. The summed E-state index contributed by atoms with van der Waals surface area (Å²) in [6.45, 7) is 8.15. The van der Waals surface area contributed by atoms with Crippen molar-refractivity contribution < 1.29 is 39.5 Å². The maximum Gasteiger partial charge on any atom is 0.309 e. The van der Waals surface area contributed by atoms with Gasteiger partial charge in [-0.3, -0.25) is 9.59 Å². The number of aliphatic hydroxyl groups excluding tert-OH is 2. The highest BCUT2D eigenvalue weighted by atomic mass is 16.5. The van der Waals surface area contributed by atoms with E-state index in [1.807, 2.05) is 19.9 Å². The van der Waals surface area contributed by atoms with Gasteiger partial charge in [0.15, 0.2) is 0 Å². The lowest BCUT2D eigenvalue weighted by atomic mass is 10.1. The van der Waals surface area contributed by atoms with E-state index in [1.54, 1.807) is 30.3 Å². The Kier molecular flexibility index (Phi) is 15.5. The van der Waals surface area contributed by atoms with Gasteiger partial charge in [-0.15, -0.1) is 0 Å². The number of carbonyl (C=O) groups is 2. The van der Waals surface area contributed by atoms with E-state index in [0.29, 0.717) is 29.4 Å². The van der Waals surface area contributed by atoms with Crippen molar-refractivity contribution in [1.29, 1.82) is 0 Å². The third-order valence-electron chi connectivity index (χ3n) is 5.40. The normalized spacial score (nSPS) is 10.9. The van der Waals surface area contributed by atoms with Crippen molar-refractivity contribution in [3.8, 4) is 11.5 Å². The van der Waals surface area contributed by atoms with E-state index in [0.717, 1.165) is 24.0 Å². The Morgan fingerprint density at radius 2 is 1.32 bits per heavy atom. The van der Waals surface area contributed by atoms with Gasteiger partial charge in [0, 0.05) is 17.5 Å². The quantitative estimate of drug-likeness (QED) is 0.203. The molecular weight excluding hydrogens is 488 g/mol. The van der Waals surface area contributed by atoms with Crippen LogP contribution in [0.2, 0.25) is 0 Å². The molecule has 0 aromatic heterocycles. The molecule has 0 aliphatic rings. The first-order valence-corrected chi connectivity index (χ1v) is 12.9. The van der Waals surface area contributed by atoms with Gasteiger partial charge in [0.25, 0.3) is 0 Å². The monoisotopic (exact) mass is 530 g/mol. The fraction of sp³-hybridized carbons (Fsp3) is 0.467. The second-order valence-corrected chi connectivity index (χ2v) is 9.73. The van der Waals surface area contributed by atoms with Gasteiger partial charge >= 0.3 is 11.9 Å². The zero-order valence-electron chi connectivity index (χ0n) is 22.9. The lowest BCUT2D eigenvalue weighted by molar-refractivity contribution is -0.145. The summed E-state index contributed by atoms with van der Waals surface area (Å²) in [5, 5.41) is 36.8. The van der Waals surface area contributed by atoms with E-state index in [-0.39, 0.29) is 56.3 Å². The van der Waals surface area contributed by atoms with E-state index < -0.39 is 0 Å². The van der Waals surface area contributed by atoms with Crippen molar-refractivity contribution in [1.82, 2.24) is 0 Å². The second-order valence-electron chi connectivity index (χ2n) is 9.73. The zero-order valence-corrected chi connectivity index (χ0v) is 22.9. The topological polar surface area (TPSA) is 134 Å². The Balaban J connectivity index is 0.000000380. The predicted octanol–water partition coefficient (Wildman–Crippen LogP) is 5.28. The Labute approximate surface area is 225 Å². The van der Waals surface area contributed by atoms with E-state index in [9.17, 15) is 19.8 Å². The Hall–Kier alpha value is -3.36. The third kappa shape index (κ3) is 13.8. The van der Waals surface area contributed by atoms with E-state index >= 15 is 0 Å². The molecule has 0 aliphatic heterocycles. The molecule has 8 heteroatoms. The largest absolute Gasteiger partial charge is 0.508 e. The van der Waals surface area contributed by atoms with Crippen LogP contribution in [0.1, 0.15) is 75.6 Å². The molecule has 0 heterocycles. The van der Waals surface area contributed by atoms with E-state index in [4.69, 9.17) is 19.7 Å². The number of allylic oxidation sites excluding steroid dienone is 1. The summed E-state index contributed by atoms with van der Waals surface area (Å²) in [5.74, 6) is 0.593. The van der Waals surface area contributed by atoms with Crippen molar-refractivity contribution in [3.63, 3.8) is 0 Å². The van der Waals surface area contributed by atoms with Crippen LogP contribution in [0.4, 0.5) is 0 Å². The van der Waals surface area contributed by atoms with Gasteiger partial charge in [0.2, 0.25) is 0 Å². The number of rotatable bonds is 13. The molecule has 210 valence electrons. The van der Waals surface area contributed by atoms with Gasteiger partial charge in [-0.2, -0.15) is 0 Å². The summed E-state index contributed by atoms with van der Waals surface area (Å²) in [5.41, 5.74) is 2.36. The molecule has 0 saturated heterocycles. The molecule has 2 rings (SSSR count). The first kappa shape index (κ1) is 32.7. The number of phenols is 2. The van der Waals surface area contributed by atoms with Gasteiger partial charge in [-0.1, -0.05) is 58.4 Å². The maximum absolute atomic E-state index is 11.5. The minimum absolute atomic E-state index is 0.0393. The van der Waals surface area contributed by atoms with Gasteiger partial charge in [0.05, 0.1) is 19.6 Å². The third-order valence-corrected chi connectivity index (χ3v) is 5.40. The number of ether oxygens (including phenoxy) is 2. The lowest BCUT2D eigenvalue weighted by Crippen LogP contribution is -2.05. The van der Waals surface area contributed by atoms with Crippen LogP contribution in [0.15, 0.2) is 48.6 Å². The van der Waals surface area contributed by atoms with Crippen LogP contribution in [0.25, 0.3) is 0 Å². The number of esters is 2. The van der Waals surface area contributed by atoms with Crippen molar-refractivity contribution in [2.75, 3.05) is 0 Å². The van der Waals surface area contributed by atoms with Crippen molar-refractivity contribution in [2.45, 2.75) is 79.8 Å². The van der Waals surface area contributed by atoms with Crippen molar-refractivity contribution in [2.24, 2.45) is 11.8 Å². The van der Waals surface area contributed by atoms with Gasteiger partial charge in [-0.25, -0.2) is 0 Å². The van der Waals surface area contributed by atoms with Gasteiger partial charge in [-0.05, 0) is 53.6 Å². The molecule has 2 aromatic carbocycles. The van der Waals surface area contributed by atoms with Crippen LogP contribution in [0.3, 0.4) is 0 Å².